The standard InChI is InChI=1S/C13H12O4/c1-9-6-7-11(15)13(8-9)17-16-12-5-3-2-4-10(12)14/h2-8,11,14-15H,1H2. The van der Waals surface area contributed by atoms with Crippen LogP contribution in [0.2, 0.25) is 0 Å². The van der Waals surface area contributed by atoms with Crippen LogP contribution in [0.1, 0.15) is 0 Å². The lowest BCUT2D eigenvalue weighted by molar-refractivity contribution is -0.179. The highest BCUT2D eigenvalue weighted by Gasteiger charge is 2.15. The first-order valence-electron chi connectivity index (χ1n) is 5.06. The highest BCUT2D eigenvalue weighted by Crippen LogP contribution is 2.26. The molecule has 1 aliphatic rings. The summed E-state index contributed by atoms with van der Waals surface area (Å²) in [5.41, 5.74) is 0.700. The Kier molecular flexibility index (Phi) is 3.16. The van der Waals surface area contributed by atoms with Crippen molar-refractivity contribution in [3.8, 4) is 11.5 Å². The summed E-state index contributed by atoms with van der Waals surface area (Å²) in [6, 6.07) is 6.39. The van der Waals surface area contributed by atoms with Crippen molar-refractivity contribution in [2.75, 3.05) is 0 Å². The van der Waals surface area contributed by atoms with Gasteiger partial charge in [-0.3, -0.25) is 9.78 Å². The quantitative estimate of drug-likeness (QED) is 0.618. The van der Waals surface area contributed by atoms with Crippen LogP contribution < -0.4 is 4.89 Å². The van der Waals surface area contributed by atoms with Gasteiger partial charge in [0.1, 0.15) is 6.10 Å². The monoisotopic (exact) mass is 232 g/mol. The molecule has 0 aromatic heterocycles. The Labute approximate surface area is 98.7 Å². The third-order valence-electron chi connectivity index (χ3n) is 2.20. The largest absolute Gasteiger partial charge is 0.504 e. The Bertz CT molecular complexity index is 488. The number of phenolic OH excluding ortho intramolecular Hbond substituents is 1. The minimum absolute atomic E-state index is 0.0345. The Morgan fingerprint density at radius 3 is 2.71 bits per heavy atom. The number of aromatic hydroxyl groups is 1. The van der Waals surface area contributed by atoms with Crippen LogP contribution in [0, 0.1) is 0 Å². The van der Waals surface area contributed by atoms with Gasteiger partial charge < -0.3 is 10.2 Å². The van der Waals surface area contributed by atoms with Crippen LogP contribution in [0.3, 0.4) is 0 Å². The van der Waals surface area contributed by atoms with Gasteiger partial charge in [-0.25, -0.2) is 0 Å². The topological polar surface area (TPSA) is 58.9 Å². The van der Waals surface area contributed by atoms with Crippen LogP contribution in [-0.2, 0) is 4.89 Å². The van der Waals surface area contributed by atoms with Gasteiger partial charge in [-0.1, -0.05) is 24.8 Å². The van der Waals surface area contributed by atoms with E-state index in [1.54, 1.807) is 30.4 Å². The molecule has 2 rings (SSSR count). The molecule has 1 atom stereocenters. The molecular formula is C13H12O4. The molecule has 0 spiro atoms. The zero-order chi connectivity index (χ0) is 12.3. The van der Waals surface area contributed by atoms with Gasteiger partial charge in [0.25, 0.3) is 0 Å². The third kappa shape index (κ3) is 2.68. The molecule has 1 aromatic rings. The van der Waals surface area contributed by atoms with Crippen LogP contribution in [-0.4, -0.2) is 16.3 Å². The summed E-state index contributed by atoms with van der Waals surface area (Å²) in [5.74, 6) is 0.370. The SMILES string of the molecule is C=C1C=CC(O)C(OOc2ccccc2O)=C1. The molecule has 0 heterocycles. The average Bonchev–Trinajstić information content (AvgIpc) is 2.32. The number of rotatable bonds is 3. The first-order valence-corrected chi connectivity index (χ1v) is 5.06. The number of phenols is 1. The minimum atomic E-state index is -0.869. The fraction of sp³-hybridized carbons (Fsp3) is 0.0769. The molecule has 0 fully saturated rings. The summed E-state index contributed by atoms with van der Waals surface area (Å²) in [4.78, 5) is 9.91. The van der Waals surface area contributed by atoms with Gasteiger partial charge in [0.15, 0.2) is 11.5 Å². The lowest BCUT2D eigenvalue weighted by Crippen LogP contribution is -2.14. The van der Waals surface area contributed by atoms with E-state index >= 15 is 0 Å². The summed E-state index contributed by atoms with van der Waals surface area (Å²) < 4.78 is 0. The first kappa shape index (κ1) is 11.3. The lowest BCUT2D eigenvalue weighted by atomic mass is 10.1. The summed E-state index contributed by atoms with van der Waals surface area (Å²) in [7, 11) is 0. The van der Waals surface area contributed by atoms with Crippen LogP contribution >= 0.6 is 0 Å². The molecule has 0 saturated carbocycles. The number of benzene rings is 1. The molecule has 0 radical (unpaired) electrons. The first-order chi connectivity index (χ1) is 8.16. The fourth-order valence-corrected chi connectivity index (χ4v) is 1.32. The molecule has 2 N–H and O–H groups in total. The van der Waals surface area contributed by atoms with E-state index in [1.807, 2.05) is 0 Å². The van der Waals surface area contributed by atoms with Crippen molar-refractivity contribution in [1.82, 2.24) is 0 Å². The van der Waals surface area contributed by atoms with Crippen molar-refractivity contribution in [2.45, 2.75) is 6.10 Å². The second-order valence-corrected chi connectivity index (χ2v) is 3.56. The molecule has 1 aliphatic carbocycles. The van der Waals surface area contributed by atoms with E-state index in [1.165, 1.54) is 12.1 Å². The van der Waals surface area contributed by atoms with Crippen molar-refractivity contribution < 1.29 is 20.0 Å². The summed E-state index contributed by atoms with van der Waals surface area (Å²) in [6.45, 7) is 3.71. The molecule has 0 bridgehead atoms. The summed E-state index contributed by atoms with van der Waals surface area (Å²) in [6.07, 6.45) is 3.90. The van der Waals surface area contributed by atoms with Crippen molar-refractivity contribution in [2.24, 2.45) is 0 Å². The van der Waals surface area contributed by atoms with Crippen molar-refractivity contribution in [3.05, 3.63) is 60.4 Å². The van der Waals surface area contributed by atoms with E-state index in [-0.39, 0.29) is 17.3 Å². The Balaban J connectivity index is 2.04. The van der Waals surface area contributed by atoms with Crippen LogP contribution in [0.15, 0.2) is 60.4 Å². The number of aliphatic hydroxyl groups is 1. The molecule has 88 valence electrons. The summed E-state index contributed by atoms with van der Waals surface area (Å²) >= 11 is 0. The Morgan fingerprint density at radius 2 is 1.94 bits per heavy atom. The van der Waals surface area contributed by atoms with Crippen LogP contribution in [0.4, 0.5) is 0 Å². The zero-order valence-electron chi connectivity index (χ0n) is 9.04. The van der Waals surface area contributed by atoms with E-state index in [2.05, 4.69) is 6.58 Å². The van der Waals surface area contributed by atoms with Crippen LogP contribution in [0.5, 0.6) is 11.5 Å². The normalized spacial score (nSPS) is 18.8. The third-order valence-corrected chi connectivity index (χ3v) is 2.20. The van der Waals surface area contributed by atoms with E-state index in [9.17, 15) is 10.2 Å². The Hall–Kier alpha value is -2.20. The molecule has 0 amide bonds. The molecule has 0 saturated heterocycles. The molecule has 1 aromatic carbocycles. The molecule has 4 nitrogen and oxygen atoms in total. The van der Waals surface area contributed by atoms with Gasteiger partial charge in [0.2, 0.25) is 5.75 Å². The number of hydrogen-bond acceptors (Lipinski definition) is 4. The maximum atomic E-state index is 9.57. The molecular weight excluding hydrogens is 220 g/mol. The van der Waals surface area contributed by atoms with Gasteiger partial charge in [0.05, 0.1) is 0 Å². The number of aliphatic hydroxyl groups excluding tert-OH is 1. The van der Waals surface area contributed by atoms with Crippen molar-refractivity contribution in [3.63, 3.8) is 0 Å². The fourth-order valence-electron chi connectivity index (χ4n) is 1.32. The maximum Gasteiger partial charge on any atom is 0.220 e. The van der Waals surface area contributed by atoms with Crippen molar-refractivity contribution >= 4 is 0 Å². The Morgan fingerprint density at radius 1 is 1.18 bits per heavy atom. The second kappa shape index (κ2) is 4.76. The van der Waals surface area contributed by atoms with Crippen LogP contribution in [0.25, 0.3) is 0 Å². The van der Waals surface area contributed by atoms with Gasteiger partial charge in [-0.2, -0.15) is 0 Å². The average molecular weight is 232 g/mol. The van der Waals surface area contributed by atoms with E-state index in [4.69, 9.17) is 9.78 Å². The zero-order valence-corrected chi connectivity index (χ0v) is 9.04. The second-order valence-electron chi connectivity index (χ2n) is 3.56. The van der Waals surface area contributed by atoms with Gasteiger partial charge in [-0.05, 0) is 29.9 Å². The predicted molar refractivity (Wildman–Crippen MR) is 62.2 cm³/mol. The smallest absolute Gasteiger partial charge is 0.220 e. The van der Waals surface area contributed by atoms with E-state index in [0.29, 0.717) is 5.57 Å². The van der Waals surface area contributed by atoms with Gasteiger partial charge in [-0.15, -0.1) is 0 Å². The number of allylic oxidation sites excluding steroid dienone is 3. The minimum Gasteiger partial charge on any atom is -0.504 e. The molecule has 0 aliphatic heterocycles. The molecule has 1 unspecified atom stereocenters. The number of para-hydroxylation sites is 2. The van der Waals surface area contributed by atoms with Gasteiger partial charge >= 0.3 is 0 Å². The van der Waals surface area contributed by atoms with E-state index < -0.39 is 6.10 Å². The highest BCUT2D eigenvalue weighted by atomic mass is 17.2. The molecule has 17 heavy (non-hydrogen) atoms. The van der Waals surface area contributed by atoms with E-state index in [0.717, 1.165) is 0 Å². The lowest BCUT2D eigenvalue weighted by Gasteiger charge is -2.15. The number of hydrogen-bond donors (Lipinski definition) is 2. The highest BCUT2D eigenvalue weighted by molar-refractivity contribution is 5.38. The predicted octanol–water partition coefficient (Wildman–Crippen LogP) is 2.07. The summed E-state index contributed by atoms with van der Waals surface area (Å²) in [5, 5.41) is 19.0. The molecule has 4 heteroatoms. The van der Waals surface area contributed by atoms with Crippen molar-refractivity contribution in [1.29, 1.82) is 0 Å². The maximum absolute atomic E-state index is 9.57. The van der Waals surface area contributed by atoms with Gasteiger partial charge in [0, 0.05) is 0 Å².